The van der Waals surface area contributed by atoms with Gasteiger partial charge in [0, 0.05) is 18.2 Å². The highest BCUT2D eigenvalue weighted by molar-refractivity contribution is 8.15. The fourth-order valence-corrected chi connectivity index (χ4v) is 6.44. The topological polar surface area (TPSA) is 96.0 Å². The Kier molecular flexibility index (Phi) is 7.44. The van der Waals surface area contributed by atoms with Crippen molar-refractivity contribution in [3.05, 3.63) is 45.7 Å². The van der Waals surface area contributed by atoms with Gasteiger partial charge in [0.25, 0.3) is 5.91 Å². The van der Waals surface area contributed by atoms with E-state index in [4.69, 9.17) is 5.14 Å². The molecule has 1 aromatic rings. The lowest BCUT2D eigenvalue weighted by Crippen LogP contribution is -2.35. The summed E-state index contributed by atoms with van der Waals surface area (Å²) < 4.78 is 30.7. The second-order valence-corrected chi connectivity index (χ2v) is 12.0. The number of nitrogens with two attached hydrogens (primary N) is 1. The van der Waals surface area contributed by atoms with E-state index in [2.05, 4.69) is 4.36 Å². The van der Waals surface area contributed by atoms with E-state index in [1.807, 2.05) is 27.7 Å². The summed E-state index contributed by atoms with van der Waals surface area (Å²) in [4.78, 5) is 15.0. The van der Waals surface area contributed by atoms with Crippen LogP contribution >= 0.6 is 11.8 Å². The predicted molar refractivity (Wildman–Crippen MR) is 122 cm³/mol. The Labute approximate surface area is 183 Å². The molecule has 9 heteroatoms. The molecule has 2 atom stereocenters. The van der Waals surface area contributed by atoms with Gasteiger partial charge in [-0.1, -0.05) is 45.5 Å². The van der Waals surface area contributed by atoms with Gasteiger partial charge in [0.15, 0.2) is 4.71 Å². The third-order valence-electron chi connectivity index (χ3n) is 4.89. The Balaban J connectivity index is 2.39. The third kappa shape index (κ3) is 5.43. The molecular weight excluding hydrogens is 425 g/mol. The maximum atomic E-state index is 14.5. The van der Waals surface area contributed by atoms with Crippen molar-refractivity contribution in [2.75, 3.05) is 7.05 Å². The van der Waals surface area contributed by atoms with Crippen LogP contribution in [0.15, 0.2) is 27.6 Å². The number of nitrogens with zero attached hydrogens (tertiary/aromatic N) is 2. The van der Waals surface area contributed by atoms with Gasteiger partial charge in [-0.3, -0.25) is 4.79 Å². The fourth-order valence-electron chi connectivity index (χ4n) is 3.48. The molecule has 0 aromatic heterocycles. The Hall–Kier alpha value is -1.42. The first-order valence-electron chi connectivity index (χ1n) is 9.86. The molecule has 1 amide bonds. The first kappa shape index (κ1) is 24.8. The van der Waals surface area contributed by atoms with Crippen LogP contribution in [0, 0.1) is 5.82 Å². The molecule has 0 bridgehead atoms. The minimum Gasteiger partial charge on any atom is -0.385 e. The lowest BCUT2D eigenvalue weighted by Gasteiger charge is -2.22. The van der Waals surface area contributed by atoms with Gasteiger partial charge in [0.2, 0.25) is 0 Å². The number of benzene rings is 1. The van der Waals surface area contributed by atoms with E-state index < -0.39 is 26.1 Å². The van der Waals surface area contributed by atoms with Gasteiger partial charge in [-0.25, -0.2) is 13.7 Å². The molecule has 3 N–H and O–H groups in total. The lowest BCUT2D eigenvalue weighted by molar-refractivity contribution is -0.117. The summed E-state index contributed by atoms with van der Waals surface area (Å²) in [6.45, 7) is 10.9. The van der Waals surface area contributed by atoms with Crippen LogP contribution in [-0.2, 0) is 21.1 Å². The smallest absolute Gasteiger partial charge is 0.259 e. The van der Waals surface area contributed by atoms with Crippen molar-refractivity contribution in [2.24, 2.45) is 9.50 Å². The minimum absolute atomic E-state index is 0.0863. The summed E-state index contributed by atoms with van der Waals surface area (Å²) in [5.41, 5.74) is 0.816. The number of aliphatic hydroxyl groups is 1. The normalized spacial score (nSPS) is 19.3. The molecule has 2 rings (SSSR count). The average molecular weight is 458 g/mol. The quantitative estimate of drug-likeness (QED) is 0.672. The molecule has 0 saturated carbocycles. The van der Waals surface area contributed by atoms with E-state index in [0.29, 0.717) is 16.0 Å². The average Bonchev–Trinajstić information content (AvgIpc) is 2.96. The highest BCUT2D eigenvalue weighted by atomic mass is 32.3. The number of carbonyl (C=O) groups excluding carboxylic acids is 1. The molecule has 0 saturated heterocycles. The fraction of sp³-hybridized carbons (Fsp3) is 0.571. The summed E-state index contributed by atoms with van der Waals surface area (Å²) in [5, 5.41) is 16.2. The Morgan fingerprint density at radius 2 is 1.93 bits per heavy atom. The molecule has 168 valence electrons. The standard InChI is InChI=1S/C21H32FN3O3S2/c1-12(2)14-8-9-16(22)19(13(3)4)15(14)10-18(26)24-30(23,28)20-25(7)11-17(29-20)21(5,6)27/h8-9,11-13,20,27H,10H2,1-7H3,(H2,23,24,26,28)/t20?,30-/m0/s1. The number of thioether (sulfide) groups is 1. The van der Waals surface area contributed by atoms with Crippen LogP contribution in [0.1, 0.15) is 70.1 Å². The monoisotopic (exact) mass is 457 g/mol. The predicted octanol–water partition coefficient (Wildman–Crippen LogP) is 4.06. The zero-order chi connectivity index (χ0) is 23.0. The van der Waals surface area contributed by atoms with E-state index in [-0.39, 0.29) is 24.1 Å². The van der Waals surface area contributed by atoms with E-state index in [0.717, 1.165) is 17.3 Å². The van der Waals surface area contributed by atoms with Crippen LogP contribution < -0.4 is 5.14 Å². The largest absolute Gasteiger partial charge is 0.385 e. The Bertz CT molecular complexity index is 974. The van der Waals surface area contributed by atoms with Crippen molar-refractivity contribution in [3.63, 3.8) is 0 Å². The molecule has 1 aromatic carbocycles. The van der Waals surface area contributed by atoms with Gasteiger partial charge < -0.3 is 10.0 Å². The minimum atomic E-state index is -3.44. The zero-order valence-corrected chi connectivity index (χ0v) is 20.2. The highest BCUT2D eigenvalue weighted by Crippen LogP contribution is 2.40. The van der Waals surface area contributed by atoms with Gasteiger partial charge in [-0.05, 0) is 48.4 Å². The van der Waals surface area contributed by atoms with E-state index in [1.54, 1.807) is 38.1 Å². The number of hydrogen-bond donors (Lipinski definition) is 2. The van der Waals surface area contributed by atoms with Crippen molar-refractivity contribution in [2.45, 2.75) is 70.1 Å². The third-order valence-corrected chi connectivity index (χ3v) is 8.79. The summed E-state index contributed by atoms with van der Waals surface area (Å²) in [5.74, 6) is -1.05. The molecule has 30 heavy (non-hydrogen) atoms. The SMILES string of the molecule is CC(C)c1ccc(F)c(C(C)C)c1CC(=O)N=[S@](N)(=O)C1SC(C(C)(C)O)=CN1C. The van der Waals surface area contributed by atoms with Crippen molar-refractivity contribution in [3.8, 4) is 0 Å². The van der Waals surface area contributed by atoms with Gasteiger partial charge in [-0.15, -0.1) is 4.36 Å². The van der Waals surface area contributed by atoms with E-state index in [1.165, 1.54) is 6.07 Å². The summed E-state index contributed by atoms with van der Waals surface area (Å²) in [6, 6.07) is 3.12. The molecule has 1 unspecified atom stereocenters. The van der Waals surface area contributed by atoms with Crippen LogP contribution in [0.4, 0.5) is 4.39 Å². The number of halogens is 1. The summed E-state index contributed by atoms with van der Waals surface area (Å²) in [6.07, 6.45) is 1.49. The molecule has 0 aliphatic carbocycles. The van der Waals surface area contributed by atoms with E-state index >= 15 is 0 Å². The van der Waals surface area contributed by atoms with Crippen molar-refractivity contribution < 1.29 is 18.5 Å². The maximum Gasteiger partial charge on any atom is 0.259 e. The molecule has 0 spiro atoms. The zero-order valence-electron chi connectivity index (χ0n) is 18.6. The van der Waals surface area contributed by atoms with Crippen molar-refractivity contribution >= 4 is 27.6 Å². The number of carbonyl (C=O) groups is 1. The second kappa shape index (κ2) is 8.98. The highest BCUT2D eigenvalue weighted by Gasteiger charge is 2.36. The second-order valence-electron chi connectivity index (χ2n) is 8.76. The van der Waals surface area contributed by atoms with Crippen LogP contribution in [0.25, 0.3) is 0 Å². The van der Waals surface area contributed by atoms with Crippen LogP contribution in [0.3, 0.4) is 0 Å². The first-order valence-corrected chi connectivity index (χ1v) is 12.4. The molecule has 0 fully saturated rings. The molecule has 1 aliphatic heterocycles. The number of hydrogen-bond acceptors (Lipinski definition) is 5. The first-order chi connectivity index (χ1) is 13.6. The molecule has 0 radical (unpaired) electrons. The molecule has 1 heterocycles. The molecule has 1 aliphatic rings. The van der Waals surface area contributed by atoms with Crippen LogP contribution in [0.2, 0.25) is 0 Å². The van der Waals surface area contributed by atoms with Crippen LogP contribution in [-0.4, -0.2) is 37.5 Å². The maximum absolute atomic E-state index is 14.5. The van der Waals surface area contributed by atoms with Crippen LogP contribution in [0.5, 0.6) is 0 Å². The van der Waals surface area contributed by atoms with Crippen molar-refractivity contribution in [1.29, 1.82) is 0 Å². The van der Waals surface area contributed by atoms with Gasteiger partial charge >= 0.3 is 0 Å². The van der Waals surface area contributed by atoms with Crippen molar-refractivity contribution in [1.82, 2.24) is 4.90 Å². The number of rotatable bonds is 6. The number of amides is 1. The van der Waals surface area contributed by atoms with Gasteiger partial charge in [0.1, 0.15) is 15.7 Å². The summed E-state index contributed by atoms with van der Waals surface area (Å²) >= 11 is 1.13. The Morgan fingerprint density at radius 1 is 1.33 bits per heavy atom. The summed E-state index contributed by atoms with van der Waals surface area (Å²) in [7, 11) is -1.77. The molecular formula is C21H32FN3O3S2. The van der Waals surface area contributed by atoms with E-state index in [9.17, 15) is 18.5 Å². The van der Waals surface area contributed by atoms with Gasteiger partial charge in [-0.2, -0.15) is 0 Å². The lowest BCUT2D eigenvalue weighted by atomic mass is 9.86. The molecule has 6 nitrogen and oxygen atoms in total. The Morgan fingerprint density at radius 3 is 2.40 bits per heavy atom. The van der Waals surface area contributed by atoms with Gasteiger partial charge in [0.05, 0.1) is 12.0 Å².